The van der Waals surface area contributed by atoms with E-state index in [1.54, 1.807) is 0 Å². The molecule has 0 saturated carbocycles. The number of rotatable bonds is 3. The summed E-state index contributed by atoms with van der Waals surface area (Å²) in [5, 5.41) is 3.25. The quantitative estimate of drug-likeness (QED) is 0.572. The van der Waals surface area contributed by atoms with Crippen molar-refractivity contribution < 1.29 is 4.79 Å². The monoisotopic (exact) mass is 141 g/mol. The topological polar surface area (TPSA) is 55.1 Å². The maximum absolute atomic E-state index is 10.3. The molecule has 0 aromatic heterocycles. The predicted molar refractivity (Wildman–Crippen MR) is 39.1 cm³/mol. The van der Waals surface area contributed by atoms with Crippen molar-refractivity contribution >= 4 is 5.91 Å². The first-order valence-corrected chi connectivity index (χ1v) is 3.64. The Morgan fingerprint density at radius 3 is 3.10 bits per heavy atom. The summed E-state index contributed by atoms with van der Waals surface area (Å²) in [4.78, 5) is 10.3. The standard InChI is InChI=1S/C7H13N2O/c8-7(10)4-3-6-2-1-5-9-6/h3,6,9H,1-2,4-5H2,(H2,8,10)/t6-/m1/s1. The second-order valence-electron chi connectivity index (χ2n) is 2.61. The highest BCUT2D eigenvalue weighted by atomic mass is 16.1. The first-order chi connectivity index (χ1) is 4.79. The van der Waals surface area contributed by atoms with Crippen molar-refractivity contribution in [1.29, 1.82) is 0 Å². The van der Waals surface area contributed by atoms with E-state index in [0.717, 1.165) is 13.0 Å². The van der Waals surface area contributed by atoms with Crippen molar-refractivity contribution in [3.05, 3.63) is 6.42 Å². The minimum atomic E-state index is -0.242. The lowest BCUT2D eigenvalue weighted by atomic mass is 10.1. The van der Waals surface area contributed by atoms with Crippen LogP contribution in [-0.4, -0.2) is 18.5 Å². The molecule has 0 aromatic carbocycles. The van der Waals surface area contributed by atoms with Crippen LogP contribution in [0.4, 0.5) is 0 Å². The maximum atomic E-state index is 10.3. The van der Waals surface area contributed by atoms with Gasteiger partial charge in [-0.15, -0.1) is 0 Å². The zero-order valence-electron chi connectivity index (χ0n) is 5.97. The van der Waals surface area contributed by atoms with Crippen molar-refractivity contribution in [3.8, 4) is 0 Å². The van der Waals surface area contributed by atoms with Crippen LogP contribution >= 0.6 is 0 Å². The lowest BCUT2D eigenvalue weighted by molar-refractivity contribution is -0.117. The van der Waals surface area contributed by atoms with Gasteiger partial charge in [0, 0.05) is 12.5 Å². The number of hydrogen-bond donors (Lipinski definition) is 2. The fraction of sp³-hybridized carbons (Fsp3) is 0.714. The van der Waals surface area contributed by atoms with Crippen LogP contribution in [0, 0.1) is 6.42 Å². The molecule has 57 valence electrons. The molecule has 1 radical (unpaired) electrons. The van der Waals surface area contributed by atoms with E-state index < -0.39 is 0 Å². The van der Waals surface area contributed by atoms with Crippen LogP contribution in [0.5, 0.6) is 0 Å². The Kier molecular flexibility index (Phi) is 2.68. The fourth-order valence-corrected chi connectivity index (χ4v) is 1.17. The molecular formula is C7H13N2O. The molecule has 0 spiro atoms. The van der Waals surface area contributed by atoms with Crippen molar-refractivity contribution in [3.63, 3.8) is 0 Å². The summed E-state index contributed by atoms with van der Waals surface area (Å²) >= 11 is 0. The van der Waals surface area contributed by atoms with Crippen LogP contribution in [0.2, 0.25) is 0 Å². The predicted octanol–water partition coefficient (Wildman–Crippen LogP) is -0.182. The molecule has 1 fully saturated rings. The van der Waals surface area contributed by atoms with Crippen LogP contribution < -0.4 is 11.1 Å². The van der Waals surface area contributed by atoms with Gasteiger partial charge < -0.3 is 11.1 Å². The van der Waals surface area contributed by atoms with Gasteiger partial charge in [0.15, 0.2) is 0 Å². The highest BCUT2D eigenvalue weighted by molar-refractivity contribution is 5.74. The molecular weight excluding hydrogens is 128 g/mol. The lowest BCUT2D eigenvalue weighted by Crippen LogP contribution is -2.24. The summed E-state index contributed by atoms with van der Waals surface area (Å²) in [5.41, 5.74) is 4.97. The van der Waals surface area contributed by atoms with Gasteiger partial charge in [0.1, 0.15) is 0 Å². The van der Waals surface area contributed by atoms with Crippen molar-refractivity contribution in [2.75, 3.05) is 6.54 Å². The van der Waals surface area contributed by atoms with Crippen LogP contribution in [-0.2, 0) is 4.79 Å². The molecule has 1 aliphatic rings. The largest absolute Gasteiger partial charge is 0.370 e. The van der Waals surface area contributed by atoms with Gasteiger partial charge in [-0.1, -0.05) is 0 Å². The number of carbonyl (C=O) groups excluding carboxylic acids is 1. The average Bonchev–Trinajstić information content (AvgIpc) is 2.34. The molecule has 3 N–H and O–H groups in total. The van der Waals surface area contributed by atoms with E-state index in [2.05, 4.69) is 5.32 Å². The van der Waals surface area contributed by atoms with Gasteiger partial charge in [0.2, 0.25) is 5.91 Å². The summed E-state index contributed by atoms with van der Waals surface area (Å²) in [6.07, 6.45) is 4.71. The molecule has 1 amide bonds. The van der Waals surface area contributed by atoms with Crippen LogP contribution in [0.25, 0.3) is 0 Å². The SMILES string of the molecule is NC(=O)C[CH][C@H]1CCCN1. The highest BCUT2D eigenvalue weighted by Crippen LogP contribution is 2.08. The number of amides is 1. The average molecular weight is 141 g/mol. The Morgan fingerprint density at radius 1 is 1.80 bits per heavy atom. The van der Waals surface area contributed by atoms with Crippen molar-refractivity contribution in [2.45, 2.75) is 25.3 Å². The second kappa shape index (κ2) is 3.56. The van der Waals surface area contributed by atoms with Crippen molar-refractivity contribution in [2.24, 2.45) is 5.73 Å². The van der Waals surface area contributed by atoms with E-state index in [0.29, 0.717) is 12.5 Å². The van der Waals surface area contributed by atoms with Gasteiger partial charge in [-0.05, 0) is 25.8 Å². The fourth-order valence-electron chi connectivity index (χ4n) is 1.17. The molecule has 1 rings (SSSR count). The van der Waals surface area contributed by atoms with Gasteiger partial charge in [0.05, 0.1) is 0 Å². The van der Waals surface area contributed by atoms with Crippen LogP contribution in [0.15, 0.2) is 0 Å². The highest BCUT2D eigenvalue weighted by Gasteiger charge is 2.14. The van der Waals surface area contributed by atoms with E-state index in [1.165, 1.54) is 6.42 Å². The Labute approximate surface area is 61.0 Å². The summed E-state index contributed by atoms with van der Waals surface area (Å²) in [6.45, 7) is 1.07. The molecule has 0 bridgehead atoms. The molecule has 1 aliphatic heterocycles. The first-order valence-electron chi connectivity index (χ1n) is 3.64. The summed E-state index contributed by atoms with van der Waals surface area (Å²) in [5.74, 6) is -0.242. The minimum absolute atomic E-state index is 0.242. The molecule has 0 unspecified atom stereocenters. The lowest BCUT2D eigenvalue weighted by Gasteiger charge is -2.05. The molecule has 1 heterocycles. The Hall–Kier alpha value is -0.570. The van der Waals surface area contributed by atoms with E-state index in [-0.39, 0.29) is 5.91 Å². The maximum Gasteiger partial charge on any atom is 0.217 e. The second-order valence-corrected chi connectivity index (χ2v) is 2.61. The molecule has 0 aromatic rings. The zero-order chi connectivity index (χ0) is 7.40. The number of hydrogen-bond acceptors (Lipinski definition) is 2. The molecule has 10 heavy (non-hydrogen) atoms. The Morgan fingerprint density at radius 2 is 2.60 bits per heavy atom. The number of carbonyl (C=O) groups is 1. The third kappa shape index (κ3) is 2.35. The van der Waals surface area contributed by atoms with E-state index >= 15 is 0 Å². The Balaban J connectivity index is 2.07. The molecule has 3 heteroatoms. The number of primary amides is 1. The first kappa shape index (κ1) is 7.54. The third-order valence-electron chi connectivity index (χ3n) is 1.70. The van der Waals surface area contributed by atoms with Gasteiger partial charge in [-0.3, -0.25) is 4.79 Å². The van der Waals surface area contributed by atoms with E-state index in [9.17, 15) is 4.79 Å². The van der Waals surface area contributed by atoms with Crippen molar-refractivity contribution in [1.82, 2.24) is 5.32 Å². The Bertz CT molecular complexity index is 119. The van der Waals surface area contributed by atoms with Crippen LogP contribution in [0.1, 0.15) is 19.3 Å². The minimum Gasteiger partial charge on any atom is -0.370 e. The third-order valence-corrected chi connectivity index (χ3v) is 1.70. The van der Waals surface area contributed by atoms with E-state index in [1.807, 2.05) is 6.42 Å². The van der Waals surface area contributed by atoms with E-state index in [4.69, 9.17) is 5.73 Å². The number of nitrogens with two attached hydrogens (primary N) is 1. The van der Waals surface area contributed by atoms with Crippen LogP contribution in [0.3, 0.4) is 0 Å². The summed E-state index contributed by atoms with van der Waals surface area (Å²) < 4.78 is 0. The zero-order valence-corrected chi connectivity index (χ0v) is 5.97. The molecule has 1 saturated heterocycles. The summed E-state index contributed by atoms with van der Waals surface area (Å²) in [6, 6.07) is 0.424. The molecule has 1 atom stereocenters. The molecule has 0 aliphatic carbocycles. The number of nitrogens with one attached hydrogen (secondary N) is 1. The van der Waals surface area contributed by atoms with Gasteiger partial charge in [0.25, 0.3) is 0 Å². The smallest absolute Gasteiger partial charge is 0.217 e. The summed E-state index contributed by atoms with van der Waals surface area (Å²) in [7, 11) is 0. The normalized spacial score (nSPS) is 25.0. The van der Waals surface area contributed by atoms with Gasteiger partial charge in [-0.25, -0.2) is 0 Å². The van der Waals surface area contributed by atoms with Gasteiger partial charge in [-0.2, -0.15) is 0 Å². The molecule has 3 nitrogen and oxygen atoms in total. The van der Waals surface area contributed by atoms with Gasteiger partial charge >= 0.3 is 0 Å².